The molecule has 0 spiro atoms. The van der Waals surface area contributed by atoms with Crippen molar-refractivity contribution in [2.75, 3.05) is 17.2 Å². The van der Waals surface area contributed by atoms with Gasteiger partial charge in [-0.25, -0.2) is 0 Å². The first-order valence-electron chi connectivity index (χ1n) is 10.4. The zero-order valence-electron chi connectivity index (χ0n) is 18.9. The van der Waals surface area contributed by atoms with Gasteiger partial charge in [0, 0.05) is 24.4 Å². The van der Waals surface area contributed by atoms with E-state index in [9.17, 15) is 29.8 Å². The molecule has 0 aliphatic heterocycles. The predicted octanol–water partition coefficient (Wildman–Crippen LogP) is 4.09. The maximum atomic E-state index is 12.7. The van der Waals surface area contributed by atoms with E-state index in [-0.39, 0.29) is 11.3 Å². The third-order valence-electron chi connectivity index (χ3n) is 4.81. The lowest BCUT2D eigenvalue weighted by Crippen LogP contribution is -2.41. The van der Waals surface area contributed by atoms with Crippen LogP contribution in [0.15, 0.2) is 30.3 Å². The van der Waals surface area contributed by atoms with Gasteiger partial charge in [0.2, 0.25) is 5.91 Å². The van der Waals surface area contributed by atoms with Crippen molar-refractivity contribution < 1.29 is 19.4 Å². The van der Waals surface area contributed by atoms with Gasteiger partial charge in [0.05, 0.1) is 15.4 Å². The number of hydrogen-bond donors (Lipinski definition) is 3. The molecule has 2 aromatic rings. The largest absolute Gasteiger partial charge is 0.374 e. The van der Waals surface area contributed by atoms with Crippen molar-refractivity contribution in [1.29, 1.82) is 0 Å². The maximum Gasteiger partial charge on any atom is 0.300 e. The van der Waals surface area contributed by atoms with Crippen LogP contribution in [0.5, 0.6) is 0 Å². The second-order valence-corrected chi connectivity index (χ2v) is 7.74. The van der Waals surface area contributed by atoms with Crippen LogP contribution in [0.4, 0.5) is 22.7 Å². The van der Waals surface area contributed by atoms with Crippen molar-refractivity contribution in [2.24, 2.45) is 0 Å². The Labute approximate surface area is 190 Å². The monoisotopic (exact) mass is 457 g/mol. The average molecular weight is 457 g/mol. The van der Waals surface area contributed by atoms with Crippen molar-refractivity contribution in [3.8, 4) is 0 Å². The van der Waals surface area contributed by atoms with Crippen molar-refractivity contribution in [1.82, 2.24) is 5.32 Å². The van der Waals surface area contributed by atoms with Crippen LogP contribution in [0.1, 0.15) is 48.2 Å². The molecule has 2 rings (SSSR count). The smallest absolute Gasteiger partial charge is 0.300 e. The van der Waals surface area contributed by atoms with Crippen molar-refractivity contribution in [3.05, 3.63) is 67.3 Å². The number of anilines is 2. The zero-order valence-corrected chi connectivity index (χ0v) is 18.9. The fourth-order valence-electron chi connectivity index (χ4n) is 3.25. The van der Waals surface area contributed by atoms with E-state index in [2.05, 4.69) is 16.0 Å². The van der Waals surface area contributed by atoms with E-state index >= 15 is 0 Å². The van der Waals surface area contributed by atoms with Crippen LogP contribution in [-0.2, 0) is 4.79 Å². The van der Waals surface area contributed by atoms with E-state index in [0.29, 0.717) is 18.7 Å². The van der Waals surface area contributed by atoms with Crippen LogP contribution >= 0.6 is 0 Å². The molecule has 0 bridgehead atoms. The molecule has 0 saturated heterocycles. The van der Waals surface area contributed by atoms with Crippen molar-refractivity contribution in [2.45, 2.75) is 46.6 Å². The quantitative estimate of drug-likeness (QED) is 0.275. The van der Waals surface area contributed by atoms with Gasteiger partial charge in [-0.1, -0.05) is 19.4 Å². The number of carbonyl (C=O) groups excluding carboxylic acids is 2. The average Bonchev–Trinajstić information content (AvgIpc) is 2.72. The molecule has 11 nitrogen and oxygen atoms in total. The molecule has 0 fully saturated rings. The highest BCUT2D eigenvalue weighted by Gasteiger charge is 2.29. The molecule has 176 valence electrons. The minimum absolute atomic E-state index is 0.254. The number of nitrogens with one attached hydrogen (secondary N) is 3. The molecule has 0 radical (unpaired) electrons. The second-order valence-electron chi connectivity index (χ2n) is 7.74. The minimum Gasteiger partial charge on any atom is -0.374 e. The van der Waals surface area contributed by atoms with Gasteiger partial charge in [0.25, 0.3) is 17.3 Å². The van der Waals surface area contributed by atoms with Crippen LogP contribution in [0.25, 0.3) is 0 Å². The predicted molar refractivity (Wildman–Crippen MR) is 125 cm³/mol. The van der Waals surface area contributed by atoms with Gasteiger partial charge < -0.3 is 16.0 Å². The van der Waals surface area contributed by atoms with Gasteiger partial charge in [-0.3, -0.25) is 29.8 Å². The van der Waals surface area contributed by atoms with E-state index < -0.39 is 39.1 Å². The van der Waals surface area contributed by atoms with Crippen LogP contribution < -0.4 is 16.0 Å². The summed E-state index contributed by atoms with van der Waals surface area (Å²) in [5.74, 6) is -1.35. The lowest BCUT2D eigenvalue weighted by atomic mass is 10.1. The number of nitrogens with zero attached hydrogens (tertiary/aromatic N) is 2. The molecule has 0 aliphatic carbocycles. The highest BCUT2D eigenvalue weighted by Crippen LogP contribution is 2.35. The summed E-state index contributed by atoms with van der Waals surface area (Å²) < 4.78 is 0. The first-order valence-corrected chi connectivity index (χ1v) is 10.4. The zero-order chi connectivity index (χ0) is 24.7. The van der Waals surface area contributed by atoms with E-state index in [1.54, 1.807) is 12.1 Å². The van der Waals surface area contributed by atoms with Gasteiger partial charge in [0.1, 0.15) is 6.04 Å². The molecule has 3 N–H and O–H groups in total. The number of aryl methyl sites for hydroxylation is 2. The number of unbranched alkanes of at least 4 members (excludes halogenated alkanes) is 1. The van der Waals surface area contributed by atoms with Crippen LogP contribution in [0.2, 0.25) is 0 Å². The van der Waals surface area contributed by atoms with E-state index in [4.69, 9.17) is 0 Å². The van der Waals surface area contributed by atoms with Gasteiger partial charge in [-0.2, -0.15) is 0 Å². The SMILES string of the molecule is CCCCNc1c([N+](=O)[O-])cc(C(=O)N[C@@H](C)C(=O)Nc2cc(C)cc(C)c2)cc1[N+](=O)[O-]. The third-order valence-corrected chi connectivity index (χ3v) is 4.81. The highest BCUT2D eigenvalue weighted by molar-refractivity contribution is 6.02. The van der Waals surface area contributed by atoms with E-state index in [0.717, 1.165) is 29.7 Å². The molecule has 0 unspecified atom stereocenters. The summed E-state index contributed by atoms with van der Waals surface area (Å²) in [6, 6.07) is 6.42. The number of nitro benzene ring substituents is 2. The fraction of sp³-hybridized carbons (Fsp3) is 0.364. The highest BCUT2D eigenvalue weighted by atomic mass is 16.6. The molecule has 2 aromatic carbocycles. The lowest BCUT2D eigenvalue weighted by Gasteiger charge is -2.15. The number of hydrogen-bond acceptors (Lipinski definition) is 7. The van der Waals surface area contributed by atoms with Gasteiger partial charge in [-0.05, 0) is 50.5 Å². The summed E-state index contributed by atoms with van der Waals surface area (Å²) in [4.78, 5) is 46.7. The van der Waals surface area contributed by atoms with Gasteiger partial charge in [-0.15, -0.1) is 0 Å². The summed E-state index contributed by atoms with van der Waals surface area (Å²) in [6.07, 6.45) is 1.45. The molecular formula is C22H27N5O6. The van der Waals surface area contributed by atoms with Crippen LogP contribution in [0.3, 0.4) is 0 Å². The standard InChI is InChI=1S/C22H27N5O6/c1-5-6-7-23-20-18(26(30)31)11-16(12-19(20)27(32)33)22(29)24-15(4)21(28)25-17-9-13(2)8-14(3)10-17/h8-12,15,23H,5-7H2,1-4H3,(H,24,29)(H,25,28)/t15-/m0/s1. The molecular weight excluding hydrogens is 430 g/mol. The number of amides is 2. The maximum absolute atomic E-state index is 12.7. The topological polar surface area (TPSA) is 157 Å². The Kier molecular flexibility index (Phi) is 8.43. The van der Waals surface area contributed by atoms with Crippen molar-refractivity contribution in [3.63, 3.8) is 0 Å². The molecule has 33 heavy (non-hydrogen) atoms. The Bertz CT molecular complexity index is 1030. The normalized spacial score (nSPS) is 11.4. The van der Waals surface area contributed by atoms with E-state index in [1.807, 2.05) is 26.8 Å². The van der Waals surface area contributed by atoms with E-state index in [1.165, 1.54) is 6.92 Å². The number of nitro groups is 2. The molecule has 0 aromatic heterocycles. The lowest BCUT2D eigenvalue weighted by molar-refractivity contribution is -0.392. The summed E-state index contributed by atoms with van der Waals surface area (Å²) in [7, 11) is 0. The first kappa shape index (κ1) is 25.2. The summed E-state index contributed by atoms with van der Waals surface area (Å²) >= 11 is 0. The molecule has 2 amide bonds. The Balaban J connectivity index is 2.25. The number of rotatable bonds is 10. The number of carbonyl (C=O) groups is 2. The summed E-state index contributed by atoms with van der Waals surface area (Å²) in [6.45, 7) is 7.43. The number of benzene rings is 2. The Morgan fingerprint density at radius 3 is 2.00 bits per heavy atom. The first-order chi connectivity index (χ1) is 15.5. The molecule has 11 heteroatoms. The van der Waals surface area contributed by atoms with Crippen LogP contribution in [0, 0.1) is 34.1 Å². The Hall–Kier alpha value is -4.02. The fourth-order valence-corrected chi connectivity index (χ4v) is 3.25. The second kappa shape index (κ2) is 11.0. The molecule has 0 aliphatic rings. The summed E-state index contributed by atoms with van der Waals surface area (Å²) in [5.41, 5.74) is 0.752. The van der Waals surface area contributed by atoms with Crippen LogP contribution in [-0.4, -0.2) is 34.2 Å². The summed E-state index contributed by atoms with van der Waals surface area (Å²) in [5, 5.41) is 30.9. The van der Waals surface area contributed by atoms with Gasteiger partial charge >= 0.3 is 0 Å². The molecule has 0 heterocycles. The molecule has 1 atom stereocenters. The third kappa shape index (κ3) is 6.73. The Morgan fingerprint density at radius 2 is 1.52 bits per heavy atom. The Morgan fingerprint density at radius 1 is 0.970 bits per heavy atom. The van der Waals surface area contributed by atoms with Gasteiger partial charge in [0.15, 0.2) is 5.69 Å². The molecule has 0 saturated carbocycles. The minimum atomic E-state index is -1.00. The van der Waals surface area contributed by atoms with Crippen molar-refractivity contribution >= 4 is 34.6 Å².